The van der Waals surface area contributed by atoms with Crippen LogP contribution in [-0.4, -0.2) is 20.7 Å². The zero-order valence-electron chi connectivity index (χ0n) is 13.5. The molecule has 1 heterocycles. The minimum atomic E-state index is -0.498. The number of anilines is 2. The van der Waals surface area contributed by atoms with E-state index in [1.807, 2.05) is 20.8 Å². The van der Waals surface area contributed by atoms with Gasteiger partial charge in [0, 0.05) is 18.7 Å². The van der Waals surface area contributed by atoms with Gasteiger partial charge in [-0.05, 0) is 33.3 Å². The molecular weight excluding hydrogens is 298 g/mol. The van der Waals surface area contributed by atoms with Gasteiger partial charge in [-0.3, -0.25) is 14.8 Å². The summed E-state index contributed by atoms with van der Waals surface area (Å²) in [5, 5.41) is 20.6. The highest BCUT2D eigenvalue weighted by molar-refractivity contribution is 6.01. The fraction of sp³-hybridized carbons (Fsp3) is 0.333. The smallest absolute Gasteiger partial charge is 0.307 e. The average Bonchev–Trinajstić information content (AvgIpc) is 2.76. The molecule has 0 saturated heterocycles. The van der Waals surface area contributed by atoms with Crippen LogP contribution in [0.2, 0.25) is 0 Å². The number of aromatic nitrogens is 2. The van der Waals surface area contributed by atoms with E-state index in [0.717, 1.165) is 17.0 Å². The first-order chi connectivity index (χ1) is 10.8. The van der Waals surface area contributed by atoms with E-state index in [0.29, 0.717) is 17.9 Å². The van der Waals surface area contributed by atoms with E-state index in [4.69, 9.17) is 0 Å². The molecule has 122 valence electrons. The number of rotatable bonds is 4. The number of nitro groups is 1. The molecule has 2 N–H and O–H groups in total. The Balaban J connectivity index is 2.19. The zero-order chi connectivity index (χ0) is 17.1. The van der Waals surface area contributed by atoms with Crippen molar-refractivity contribution < 1.29 is 9.72 Å². The monoisotopic (exact) mass is 317 g/mol. The number of nitrogens with one attached hydrogen (secondary N) is 2. The predicted molar refractivity (Wildman–Crippen MR) is 87.8 cm³/mol. The molecule has 0 saturated carbocycles. The van der Waals surface area contributed by atoms with E-state index in [1.165, 1.54) is 12.1 Å². The molecule has 0 bridgehead atoms. The van der Waals surface area contributed by atoms with Crippen molar-refractivity contribution in [3.63, 3.8) is 0 Å². The van der Waals surface area contributed by atoms with Crippen molar-refractivity contribution in [1.82, 2.24) is 9.78 Å². The minimum Gasteiger partial charge on any atom is -0.307 e. The van der Waals surface area contributed by atoms with Gasteiger partial charge in [-0.15, -0.1) is 0 Å². The Morgan fingerprint density at radius 2 is 2.00 bits per heavy atom. The largest absolute Gasteiger partial charge is 0.323 e. The SMILES string of the molecule is CCn1nc(C)c(NC(=O)Nc2cc([N+](=O)[O-])ccc2C)c1C. The fourth-order valence-corrected chi connectivity index (χ4v) is 2.31. The molecule has 1 aromatic heterocycles. The third kappa shape index (κ3) is 3.47. The van der Waals surface area contributed by atoms with Crippen LogP contribution < -0.4 is 10.6 Å². The lowest BCUT2D eigenvalue weighted by Crippen LogP contribution is -2.21. The maximum Gasteiger partial charge on any atom is 0.323 e. The zero-order valence-corrected chi connectivity index (χ0v) is 13.5. The number of urea groups is 1. The van der Waals surface area contributed by atoms with Crippen LogP contribution in [0.15, 0.2) is 18.2 Å². The molecule has 2 rings (SSSR count). The van der Waals surface area contributed by atoms with Crippen molar-refractivity contribution in [3.8, 4) is 0 Å². The lowest BCUT2D eigenvalue weighted by molar-refractivity contribution is -0.384. The normalized spacial score (nSPS) is 10.4. The summed E-state index contributed by atoms with van der Waals surface area (Å²) < 4.78 is 1.80. The van der Waals surface area contributed by atoms with Crippen LogP contribution in [0.4, 0.5) is 21.9 Å². The Morgan fingerprint density at radius 1 is 1.30 bits per heavy atom. The molecule has 1 aromatic carbocycles. The summed E-state index contributed by atoms with van der Waals surface area (Å²) in [6.07, 6.45) is 0. The topological polar surface area (TPSA) is 102 Å². The number of nitro benzene ring substituents is 1. The Morgan fingerprint density at radius 3 is 2.57 bits per heavy atom. The number of amides is 2. The number of benzene rings is 1. The second-order valence-electron chi connectivity index (χ2n) is 5.20. The molecule has 2 aromatic rings. The molecule has 0 aliphatic heterocycles. The number of hydrogen-bond acceptors (Lipinski definition) is 4. The summed E-state index contributed by atoms with van der Waals surface area (Å²) in [4.78, 5) is 22.5. The number of hydrogen-bond donors (Lipinski definition) is 2. The number of aryl methyl sites for hydroxylation is 3. The first kappa shape index (κ1) is 16.5. The molecule has 8 heteroatoms. The Bertz CT molecular complexity index is 767. The van der Waals surface area contributed by atoms with E-state index in [2.05, 4.69) is 15.7 Å². The molecule has 2 amide bonds. The van der Waals surface area contributed by atoms with Gasteiger partial charge >= 0.3 is 6.03 Å². The second kappa shape index (κ2) is 6.47. The Labute approximate surface area is 133 Å². The lowest BCUT2D eigenvalue weighted by atomic mass is 10.2. The first-order valence-corrected chi connectivity index (χ1v) is 7.20. The fourth-order valence-electron chi connectivity index (χ4n) is 2.31. The van der Waals surface area contributed by atoms with Crippen LogP contribution in [0.1, 0.15) is 23.9 Å². The van der Waals surface area contributed by atoms with Gasteiger partial charge in [0.25, 0.3) is 5.69 Å². The van der Waals surface area contributed by atoms with Gasteiger partial charge in [0.05, 0.1) is 27.7 Å². The molecule has 0 unspecified atom stereocenters. The predicted octanol–water partition coefficient (Wildman–Crippen LogP) is 3.38. The van der Waals surface area contributed by atoms with Crippen LogP contribution in [0.5, 0.6) is 0 Å². The van der Waals surface area contributed by atoms with E-state index in [-0.39, 0.29) is 5.69 Å². The maximum absolute atomic E-state index is 12.2. The Kier molecular flexibility index (Phi) is 4.63. The average molecular weight is 317 g/mol. The van der Waals surface area contributed by atoms with Crippen LogP contribution in [0, 0.1) is 30.9 Å². The summed E-state index contributed by atoms with van der Waals surface area (Å²) in [6.45, 7) is 8.13. The van der Waals surface area contributed by atoms with Gasteiger partial charge in [-0.1, -0.05) is 6.07 Å². The van der Waals surface area contributed by atoms with Crippen molar-refractivity contribution in [2.75, 3.05) is 10.6 Å². The van der Waals surface area contributed by atoms with Gasteiger partial charge in [0.2, 0.25) is 0 Å². The number of nitrogens with zero attached hydrogens (tertiary/aromatic N) is 3. The number of carbonyl (C=O) groups is 1. The summed E-state index contributed by atoms with van der Waals surface area (Å²) in [5.74, 6) is 0. The summed E-state index contributed by atoms with van der Waals surface area (Å²) in [7, 11) is 0. The van der Waals surface area contributed by atoms with Crippen molar-refractivity contribution >= 4 is 23.1 Å². The van der Waals surface area contributed by atoms with Crippen LogP contribution >= 0.6 is 0 Å². The molecule has 0 radical (unpaired) electrons. The van der Waals surface area contributed by atoms with E-state index in [9.17, 15) is 14.9 Å². The van der Waals surface area contributed by atoms with Gasteiger partial charge < -0.3 is 10.6 Å². The molecule has 0 fully saturated rings. The van der Waals surface area contributed by atoms with E-state index in [1.54, 1.807) is 17.7 Å². The molecule has 0 aliphatic carbocycles. The highest BCUT2D eigenvalue weighted by Crippen LogP contribution is 2.23. The van der Waals surface area contributed by atoms with Crippen molar-refractivity contribution in [2.24, 2.45) is 0 Å². The molecule has 0 aliphatic rings. The third-order valence-corrected chi connectivity index (χ3v) is 3.60. The van der Waals surface area contributed by atoms with Gasteiger partial charge in [-0.2, -0.15) is 5.10 Å². The van der Waals surface area contributed by atoms with E-state index >= 15 is 0 Å². The van der Waals surface area contributed by atoms with Crippen LogP contribution in [-0.2, 0) is 6.54 Å². The van der Waals surface area contributed by atoms with Crippen molar-refractivity contribution in [3.05, 3.63) is 45.3 Å². The third-order valence-electron chi connectivity index (χ3n) is 3.60. The molecule has 0 atom stereocenters. The molecule has 23 heavy (non-hydrogen) atoms. The minimum absolute atomic E-state index is 0.0722. The highest BCUT2D eigenvalue weighted by Gasteiger charge is 2.15. The maximum atomic E-state index is 12.2. The number of non-ortho nitro benzene ring substituents is 1. The lowest BCUT2D eigenvalue weighted by Gasteiger charge is -2.10. The van der Waals surface area contributed by atoms with Crippen LogP contribution in [0.3, 0.4) is 0 Å². The van der Waals surface area contributed by atoms with Crippen LogP contribution in [0.25, 0.3) is 0 Å². The molecule has 8 nitrogen and oxygen atoms in total. The van der Waals surface area contributed by atoms with Gasteiger partial charge in [0.15, 0.2) is 0 Å². The number of carbonyl (C=O) groups excluding carboxylic acids is 1. The summed E-state index contributed by atoms with van der Waals surface area (Å²) in [5.41, 5.74) is 3.29. The van der Waals surface area contributed by atoms with Crippen molar-refractivity contribution in [2.45, 2.75) is 34.2 Å². The van der Waals surface area contributed by atoms with Crippen molar-refractivity contribution in [1.29, 1.82) is 0 Å². The standard InChI is InChI=1S/C15H19N5O3/c1-5-19-11(4)14(10(3)18-19)17-15(21)16-13-8-12(20(22)23)7-6-9(13)2/h6-8H,5H2,1-4H3,(H2,16,17,21). The molecular formula is C15H19N5O3. The van der Waals surface area contributed by atoms with Gasteiger partial charge in [-0.25, -0.2) is 4.79 Å². The Hall–Kier alpha value is -2.90. The molecule has 0 spiro atoms. The quantitative estimate of drug-likeness (QED) is 0.666. The summed E-state index contributed by atoms with van der Waals surface area (Å²) >= 11 is 0. The second-order valence-corrected chi connectivity index (χ2v) is 5.20. The van der Waals surface area contributed by atoms with Gasteiger partial charge in [0.1, 0.15) is 0 Å². The summed E-state index contributed by atoms with van der Waals surface area (Å²) in [6, 6.07) is 3.87. The first-order valence-electron chi connectivity index (χ1n) is 7.20. The highest BCUT2D eigenvalue weighted by atomic mass is 16.6. The van der Waals surface area contributed by atoms with E-state index < -0.39 is 11.0 Å².